The van der Waals surface area contributed by atoms with Gasteiger partial charge in [-0.2, -0.15) is 0 Å². The fourth-order valence-electron chi connectivity index (χ4n) is 6.65. The van der Waals surface area contributed by atoms with Crippen LogP contribution in [0.3, 0.4) is 0 Å². The van der Waals surface area contributed by atoms with E-state index in [0.717, 1.165) is 67.8 Å². The highest BCUT2D eigenvalue weighted by molar-refractivity contribution is 6.09. The van der Waals surface area contributed by atoms with Crippen molar-refractivity contribution in [3.05, 3.63) is 84.8 Å². The molecule has 3 aromatic heterocycles. The first-order valence-electron chi connectivity index (χ1n) is 15.2. The van der Waals surface area contributed by atoms with Crippen molar-refractivity contribution in [2.45, 2.75) is 67.2 Å². The highest BCUT2D eigenvalue weighted by atomic mass is 16.5. The van der Waals surface area contributed by atoms with E-state index in [-0.39, 0.29) is 29.8 Å². The first-order valence-corrected chi connectivity index (χ1v) is 15.2. The molecule has 0 spiro atoms. The van der Waals surface area contributed by atoms with Gasteiger partial charge in [-0.05, 0) is 87.1 Å². The first kappa shape index (κ1) is 30.9. The molecule has 230 valence electrons. The molecular formula is C36H42N4O4. The molecular weight excluding hydrogens is 552 g/mol. The zero-order chi connectivity index (χ0) is 31.9. The third kappa shape index (κ3) is 5.56. The van der Waals surface area contributed by atoms with Crippen molar-refractivity contribution in [2.75, 3.05) is 7.11 Å². The van der Waals surface area contributed by atoms with Crippen molar-refractivity contribution in [1.82, 2.24) is 20.3 Å². The van der Waals surface area contributed by atoms with Crippen molar-refractivity contribution in [3.63, 3.8) is 0 Å². The number of carbonyl (C=O) groups excluding carboxylic acids is 3. The van der Waals surface area contributed by atoms with Gasteiger partial charge in [0, 0.05) is 68.6 Å². The summed E-state index contributed by atoms with van der Waals surface area (Å²) in [6, 6.07) is 0. The van der Waals surface area contributed by atoms with Crippen LogP contribution in [0.4, 0.5) is 0 Å². The van der Waals surface area contributed by atoms with Crippen LogP contribution in [0.1, 0.15) is 101 Å². The van der Waals surface area contributed by atoms with Crippen LogP contribution in [-0.2, 0) is 20.7 Å². The normalized spacial score (nSPS) is 17.2. The van der Waals surface area contributed by atoms with E-state index in [1.165, 1.54) is 12.7 Å². The predicted molar refractivity (Wildman–Crippen MR) is 175 cm³/mol. The average molecular weight is 595 g/mol. The number of allylic oxidation sites excluding steroid dienone is 2. The van der Waals surface area contributed by atoms with Crippen molar-refractivity contribution in [3.8, 4) is 0 Å². The second kappa shape index (κ2) is 12.2. The number of ether oxygens (including phenoxy) is 1. The number of Topliss-reactive ketones (excluding diaryl/α,β-unsaturated/α-hetero) is 2. The molecule has 3 aromatic rings. The molecule has 5 heterocycles. The third-order valence-electron chi connectivity index (χ3n) is 9.27. The van der Waals surface area contributed by atoms with E-state index < -0.39 is 5.97 Å². The number of carbonyl (C=O) groups is 3. The van der Waals surface area contributed by atoms with Crippen LogP contribution < -0.4 is 16.0 Å². The van der Waals surface area contributed by atoms with Gasteiger partial charge in [0.15, 0.2) is 5.78 Å². The minimum atomic E-state index is -0.580. The van der Waals surface area contributed by atoms with E-state index in [2.05, 4.69) is 66.7 Å². The maximum Gasteiger partial charge on any atom is 0.313 e. The van der Waals surface area contributed by atoms with E-state index in [1.807, 2.05) is 25.2 Å². The van der Waals surface area contributed by atoms with Gasteiger partial charge in [-0.15, -0.1) is 0 Å². The highest BCUT2D eigenvalue weighted by Crippen LogP contribution is 2.39. The Hall–Kier alpha value is -4.59. The van der Waals surface area contributed by atoms with E-state index >= 15 is 0 Å². The van der Waals surface area contributed by atoms with Gasteiger partial charge in [0.2, 0.25) is 0 Å². The van der Waals surface area contributed by atoms with E-state index in [4.69, 9.17) is 4.74 Å². The zero-order valence-electron chi connectivity index (χ0n) is 26.7. The SMILES string of the molecule is C=Cc1c2[nH]c(c1C)C=C1NC(=Cc3[nH]c(c(C)c3C(=O)CC(=O)OC)C=c3[nH]c(c(C)c3CC)=C2)[C@@H](CCC(C)=O)[C@@H]1C. The van der Waals surface area contributed by atoms with Crippen LogP contribution >= 0.6 is 0 Å². The smallest absolute Gasteiger partial charge is 0.313 e. The minimum absolute atomic E-state index is 0.0282. The molecule has 2 atom stereocenters. The van der Waals surface area contributed by atoms with Gasteiger partial charge < -0.3 is 29.8 Å². The van der Waals surface area contributed by atoms with Crippen LogP contribution in [0, 0.1) is 32.6 Å². The lowest BCUT2D eigenvalue weighted by Crippen LogP contribution is -2.13. The molecule has 0 aliphatic carbocycles. The maximum absolute atomic E-state index is 13.6. The Bertz CT molecular complexity index is 1870. The Balaban J connectivity index is 1.84. The quantitative estimate of drug-likeness (QED) is 0.164. The molecule has 2 aliphatic rings. The van der Waals surface area contributed by atoms with Crippen molar-refractivity contribution in [2.24, 2.45) is 11.8 Å². The van der Waals surface area contributed by atoms with Crippen LogP contribution in [0.2, 0.25) is 0 Å². The fourth-order valence-corrected chi connectivity index (χ4v) is 6.65. The fraction of sp³-hybridized carbons (Fsp3) is 0.361. The number of hydrogen-bond acceptors (Lipinski definition) is 5. The predicted octanol–water partition coefficient (Wildman–Crippen LogP) is 5.13. The number of rotatable bonds is 8. The number of fused-ring (bicyclic) bond motifs is 8. The number of methoxy groups -OCH3 is 1. The van der Waals surface area contributed by atoms with Gasteiger partial charge in [0.25, 0.3) is 0 Å². The molecule has 8 heteroatoms. The molecule has 0 saturated carbocycles. The molecule has 8 bridgehead atoms. The average Bonchev–Trinajstić information content (AvgIpc) is 3.64. The summed E-state index contributed by atoms with van der Waals surface area (Å²) in [5.41, 5.74) is 11.0. The molecule has 0 radical (unpaired) electrons. The summed E-state index contributed by atoms with van der Waals surface area (Å²) in [5.74, 6) is -0.633. The van der Waals surface area contributed by atoms with Gasteiger partial charge in [-0.25, -0.2) is 0 Å². The summed E-state index contributed by atoms with van der Waals surface area (Å²) >= 11 is 0. The van der Waals surface area contributed by atoms with Gasteiger partial charge in [0.05, 0.1) is 12.8 Å². The lowest BCUT2D eigenvalue weighted by atomic mass is 9.87. The van der Waals surface area contributed by atoms with Gasteiger partial charge in [0.1, 0.15) is 12.2 Å². The Labute approximate surface area is 258 Å². The molecule has 5 rings (SSSR count). The third-order valence-corrected chi connectivity index (χ3v) is 9.27. The summed E-state index contributed by atoms with van der Waals surface area (Å²) in [4.78, 5) is 48.5. The first-order chi connectivity index (χ1) is 21.0. The standard InChI is InChI=1S/C36H42N4O4/c1-9-23-19(4)26-13-27-21(6)25(12-11-18(3)41)32(39-27)16-33-36(34(42)17-35(43)44-8)22(7)29(40-33)15-31-24(10-2)20(5)28(38-31)14-30(23)37-26/h9,13-16,21,25,37-40H,1,10-12,17H2,2-8H3/t21-,25-/m0/s1. The summed E-state index contributed by atoms with van der Waals surface area (Å²) in [6.07, 6.45) is 11.8. The minimum Gasteiger partial charge on any atom is -0.469 e. The van der Waals surface area contributed by atoms with Crippen molar-refractivity contribution >= 4 is 47.9 Å². The number of aromatic amines is 3. The van der Waals surface area contributed by atoms with Crippen LogP contribution in [-0.4, -0.2) is 39.6 Å². The number of hydrogen-bond donors (Lipinski definition) is 4. The van der Waals surface area contributed by atoms with Crippen LogP contribution in [0.5, 0.6) is 0 Å². The largest absolute Gasteiger partial charge is 0.469 e. The number of nitrogens with one attached hydrogen (secondary N) is 4. The second-order valence-electron chi connectivity index (χ2n) is 12.0. The van der Waals surface area contributed by atoms with Crippen LogP contribution in [0.25, 0.3) is 30.4 Å². The summed E-state index contributed by atoms with van der Waals surface area (Å²) in [5, 5.41) is 5.59. The maximum atomic E-state index is 13.6. The molecule has 1 fully saturated rings. The molecule has 0 aromatic carbocycles. The summed E-state index contributed by atoms with van der Waals surface area (Å²) < 4.78 is 4.82. The lowest BCUT2D eigenvalue weighted by Gasteiger charge is -2.15. The topological polar surface area (TPSA) is 120 Å². The Morgan fingerprint density at radius 3 is 2.20 bits per heavy atom. The molecule has 4 N–H and O–H groups in total. The number of aromatic nitrogens is 3. The number of H-pyrrole nitrogens is 3. The summed E-state index contributed by atoms with van der Waals surface area (Å²) in [6.45, 7) is 16.1. The van der Waals surface area contributed by atoms with E-state index in [9.17, 15) is 14.4 Å². The van der Waals surface area contributed by atoms with Gasteiger partial charge >= 0.3 is 5.97 Å². The second-order valence-corrected chi connectivity index (χ2v) is 12.0. The lowest BCUT2D eigenvalue weighted by molar-refractivity contribution is -0.139. The van der Waals surface area contributed by atoms with E-state index in [1.54, 1.807) is 6.92 Å². The Morgan fingerprint density at radius 1 is 0.886 bits per heavy atom. The molecule has 1 saturated heterocycles. The highest BCUT2D eigenvalue weighted by Gasteiger charge is 2.33. The monoisotopic (exact) mass is 594 g/mol. The molecule has 0 amide bonds. The molecule has 8 nitrogen and oxygen atoms in total. The summed E-state index contributed by atoms with van der Waals surface area (Å²) in [7, 11) is 1.28. The van der Waals surface area contributed by atoms with E-state index in [0.29, 0.717) is 24.1 Å². The zero-order valence-corrected chi connectivity index (χ0v) is 26.7. The Kier molecular flexibility index (Phi) is 8.55. The Morgan fingerprint density at radius 2 is 1.55 bits per heavy atom. The van der Waals surface area contributed by atoms with Crippen LogP contribution in [0.15, 0.2) is 18.0 Å². The number of ketones is 2. The molecule has 2 aliphatic heterocycles. The molecule has 44 heavy (non-hydrogen) atoms. The molecule has 0 unspecified atom stereocenters. The van der Waals surface area contributed by atoms with Crippen molar-refractivity contribution in [1.29, 1.82) is 0 Å². The van der Waals surface area contributed by atoms with Gasteiger partial charge in [-0.3, -0.25) is 9.59 Å². The number of esters is 1. The van der Waals surface area contributed by atoms with Gasteiger partial charge in [-0.1, -0.05) is 26.5 Å². The van der Waals surface area contributed by atoms with Crippen molar-refractivity contribution < 1.29 is 19.1 Å².